The fourth-order valence-corrected chi connectivity index (χ4v) is 1.30. The van der Waals surface area contributed by atoms with Gasteiger partial charge in [-0.25, -0.2) is 0 Å². The van der Waals surface area contributed by atoms with Crippen LogP contribution in [0.2, 0.25) is 0 Å². The van der Waals surface area contributed by atoms with Crippen molar-refractivity contribution in [3.63, 3.8) is 0 Å². The third kappa shape index (κ3) is 3.51. The van der Waals surface area contributed by atoms with Crippen LogP contribution < -0.4 is 15.9 Å². The summed E-state index contributed by atoms with van der Waals surface area (Å²) < 4.78 is 5.08. The van der Waals surface area contributed by atoms with Crippen LogP contribution in [0.5, 0.6) is 5.75 Å². The molecule has 4 nitrogen and oxygen atoms in total. The second kappa shape index (κ2) is 6.07. The van der Waals surface area contributed by atoms with Gasteiger partial charge in [0.2, 0.25) is 0 Å². The molecular weight excluding hydrogens is 222 g/mol. The monoisotopic (exact) mass is 237 g/mol. The topological polar surface area (TPSA) is 59.6 Å². The molecule has 0 saturated heterocycles. The number of benzene rings is 1. The number of nitrogens with zero attached hydrogens (tertiary/aromatic N) is 1. The van der Waals surface area contributed by atoms with Gasteiger partial charge in [-0.05, 0) is 48.5 Å². The summed E-state index contributed by atoms with van der Waals surface area (Å²) in [5.74, 6) is 0.821. The average molecular weight is 237 g/mol. The van der Waals surface area contributed by atoms with Crippen LogP contribution in [0.1, 0.15) is 18.9 Å². The summed E-state index contributed by atoms with van der Waals surface area (Å²) in [5, 5.41) is 4.29. The van der Waals surface area contributed by atoms with Gasteiger partial charge in [0, 0.05) is 0 Å². The van der Waals surface area contributed by atoms with Crippen molar-refractivity contribution in [2.45, 2.75) is 13.3 Å². The lowest BCUT2D eigenvalue weighted by atomic mass is 10.1. The standard InChI is InChI=1S/C11H15N3OS/c1-3-10(13-14-11(12)16)8-4-6-9(15-2)7-5-8/h4-7H,3H2,1-2H3,(H3,12,14,16)/b13-10+. The molecule has 0 amide bonds. The third-order valence-corrected chi connectivity index (χ3v) is 2.15. The third-order valence-electron chi connectivity index (χ3n) is 2.06. The number of methoxy groups -OCH3 is 1. The van der Waals surface area contributed by atoms with Crippen LogP contribution in [0, 0.1) is 0 Å². The maximum Gasteiger partial charge on any atom is 0.184 e. The number of ether oxygens (including phenoxy) is 1. The first-order valence-corrected chi connectivity index (χ1v) is 5.34. The quantitative estimate of drug-likeness (QED) is 0.475. The van der Waals surface area contributed by atoms with Crippen molar-refractivity contribution < 1.29 is 4.74 Å². The van der Waals surface area contributed by atoms with Crippen molar-refractivity contribution in [1.82, 2.24) is 5.43 Å². The number of thiocarbonyl (C=S) groups is 1. The van der Waals surface area contributed by atoms with Crippen molar-refractivity contribution in [1.29, 1.82) is 0 Å². The molecule has 5 heteroatoms. The summed E-state index contributed by atoms with van der Waals surface area (Å²) in [7, 11) is 1.64. The Morgan fingerprint density at radius 3 is 2.50 bits per heavy atom. The molecule has 0 bridgehead atoms. The Morgan fingerprint density at radius 2 is 2.06 bits per heavy atom. The highest BCUT2D eigenvalue weighted by Gasteiger charge is 2.01. The second-order valence-corrected chi connectivity index (χ2v) is 3.56. The summed E-state index contributed by atoms with van der Waals surface area (Å²) in [5.41, 5.74) is 9.82. The molecule has 86 valence electrons. The van der Waals surface area contributed by atoms with E-state index in [0.717, 1.165) is 23.4 Å². The highest BCUT2D eigenvalue weighted by Crippen LogP contribution is 2.12. The molecule has 0 aliphatic rings. The summed E-state index contributed by atoms with van der Waals surface area (Å²) >= 11 is 4.69. The molecule has 0 aromatic heterocycles. The molecule has 0 unspecified atom stereocenters. The molecule has 16 heavy (non-hydrogen) atoms. The van der Waals surface area contributed by atoms with E-state index in [-0.39, 0.29) is 5.11 Å². The number of rotatable bonds is 4. The Bertz CT molecular complexity index is 387. The smallest absolute Gasteiger partial charge is 0.184 e. The molecule has 3 N–H and O–H groups in total. The summed E-state index contributed by atoms with van der Waals surface area (Å²) in [6.45, 7) is 2.02. The average Bonchev–Trinajstić information content (AvgIpc) is 2.30. The van der Waals surface area contributed by atoms with Crippen LogP contribution in [0.25, 0.3) is 0 Å². The SMILES string of the molecule is CC/C(=N\NC(N)=S)c1ccc(OC)cc1. The largest absolute Gasteiger partial charge is 0.497 e. The molecule has 1 rings (SSSR count). The van der Waals surface area contributed by atoms with Crippen molar-refractivity contribution in [3.05, 3.63) is 29.8 Å². The van der Waals surface area contributed by atoms with Crippen LogP contribution in [0.15, 0.2) is 29.4 Å². The van der Waals surface area contributed by atoms with Gasteiger partial charge in [-0.1, -0.05) is 6.92 Å². The fourth-order valence-electron chi connectivity index (χ4n) is 1.25. The minimum Gasteiger partial charge on any atom is -0.497 e. The fraction of sp³-hybridized carbons (Fsp3) is 0.273. The first-order chi connectivity index (χ1) is 7.67. The molecule has 1 aromatic rings. The predicted octanol–water partition coefficient (Wildman–Crippen LogP) is 1.64. The van der Waals surface area contributed by atoms with Crippen LogP contribution in [0.3, 0.4) is 0 Å². The molecule has 0 spiro atoms. The normalized spacial score (nSPS) is 11.0. The van der Waals surface area contributed by atoms with Gasteiger partial charge in [0.25, 0.3) is 0 Å². The molecule has 1 aromatic carbocycles. The van der Waals surface area contributed by atoms with E-state index in [0.29, 0.717) is 0 Å². The Kier molecular flexibility index (Phi) is 4.72. The minimum absolute atomic E-state index is 0.166. The minimum atomic E-state index is 0.166. The van der Waals surface area contributed by atoms with Crippen LogP contribution in [-0.4, -0.2) is 17.9 Å². The summed E-state index contributed by atoms with van der Waals surface area (Å²) in [4.78, 5) is 0. The zero-order chi connectivity index (χ0) is 12.0. The number of nitrogens with one attached hydrogen (secondary N) is 1. The van der Waals surface area contributed by atoms with Crippen molar-refractivity contribution >= 4 is 23.0 Å². The summed E-state index contributed by atoms with van der Waals surface area (Å²) in [6, 6.07) is 7.67. The number of hydrogen-bond donors (Lipinski definition) is 2. The van der Waals surface area contributed by atoms with E-state index < -0.39 is 0 Å². The molecular formula is C11H15N3OS. The van der Waals surface area contributed by atoms with Crippen molar-refractivity contribution in [3.8, 4) is 5.75 Å². The Morgan fingerprint density at radius 1 is 1.44 bits per heavy atom. The van der Waals surface area contributed by atoms with Gasteiger partial charge >= 0.3 is 0 Å². The van der Waals surface area contributed by atoms with Gasteiger partial charge in [0.15, 0.2) is 5.11 Å². The van der Waals surface area contributed by atoms with E-state index in [1.807, 2.05) is 31.2 Å². The van der Waals surface area contributed by atoms with Gasteiger partial charge in [0.05, 0.1) is 12.8 Å². The molecule has 0 atom stereocenters. The molecule has 0 saturated carbocycles. The van der Waals surface area contributed by atoms with E-state index in [4.69, 9.17) is 22.7 Å². The first-order valence-electron chi connectivity index (χ1n) is 4.93. The first kappa shape index (κ1) is 12.4. The van der Waals surface area contributed by atoms with Crippen LogP contribution >= 0.6 is 12.2 Å². The zero-order valence-corrected chi connectivity index (χ0v) is 10.2. The highest BCUT2D eigenvalue weighted by molar-refractivity contribution is 7.80. The molecule has 0 fully saturated rings. The number of hydrazone groups is 1. The van der Waals surface area contributed by atoms with Crippen molar-refractivity contribution in [2.75, 3.05) is 7.11 Å². The predicted molar refractivity (Wildman–Crippen MR) is 69.7 cm³/mol. The lowest BCUT2D eigenvalue weighted by Gasteiger charge is -2.05. The van der Waals surface area contributed by atoms with Gasteiger partial charge < -0.3 is 10.5 Å². The maximum atomic E-state index is 5.31. The molecule has 0 aliphatic carbocycles. The van der Waals surface area contributed by atoms with E-state index in [9.17, 15) is 0 Å². The second-order valence-electron chi connectivity index (χ2n) is 3.12. The maximum absolute atomic E-state index is 5.31. The van der Waals surface area contributed by atoms with E-state index in [1.54, 1.807) is 7.11 Å². The van der Waals surface area contributed by atoms with E-state index in [2.05, 4.69) is 10.5 Å². The Hall–Kier alpha value is -1.62. The van der Waals surface area contributed by atoms with Crippen LogP contribution in [-0.2, 0) is 0 Å². The van der Waals surface area contributed by atoms with E-state index >= 15 is 0 Å². The van der Waals surface area contributed by atoms with Gasteiger partial charge in [-0.15, -0.1) is 0 Å². The molecule has 0 heterocycles. The molecule has 0 aliphatic heterocycles. The Balaban J connectivity index is 2.86. The molecule has 0 radical (unpaired) electrons. The van der Waals surface area contributed by atoms with Crippen LogP contribution in [0.4, 0.5) is 0 Å². The highest BCUT2D eigenvalue weighted by atomic mass is 32.1. The Labute approximate surface area is 100 Å². The van der Waals surface area contributed by atoms with Gasteiger partial charge in [-0.3, -0.25) is 5.43 Å². The lowest BCUT2D eigenvalue weighted by Crippen LogP contribution is -2.25. The van der Waals surface area contributed by atoms with Gasteiger partial charge in [0.1, 0.15) is 5.75 Å². The summed E-state index contributed by atoms with van der Waals surface area (Å²) in [6.07, 6.45) is 0.794. The zero-order valence-electron chi connectivity index (χ0n) is 9.36. The van der Waals surface area contributed by atoms with Gasteiger partial charge in [-0.2, -0.15) is 5.10 Å². The number of hydrogen-bond acceptors (Lipinski definition) is 3. The van der Waals surface area contributed by atoms with E-state index in [1.165, 1.54) is 0 Å². The lowest BCUT2D eigenvalue weighted by molar-refractivity contribution is 0.415. The van der Waals surface area contributed by atoms with Crippen molar-refractivity contribution in [2.24, 2.45) is 10.8 Å². The number of nitrogens with two attached hydrogens (primary N) is 1.